The molecule has 0 aliphatic carbocycles. The predicted molar refractivity (Wildman–Crippen MR) is 80.9 cm³/mol. The maximum atomic E-state index is 11.0. The zero-order chi connectivity index (χ0) is 14.7. The largest absolute Gasteiger partial charge is 0.481 e. The summed E-state index contributed by atoms with van der Waals surface area (Å²) in [5, 5.41) is 9.09. The average Bonchev–Trinajstić information content (AvgIpc) is 2.41. The van der Waals surface area contributed by atoms with Crippen molar-refractivity contribution in [3.05, 3.63) is 34.9 Å². The minimum absolute atomic E-state index is 0.179. The Morgan fingerprint density at radius 3 is 2.75 bits per heavy atom. The molecule has 0 saturated carbocycles. The number of likely N-dealkylation sites (tertiary alicyclic amines) is 1. The molecule has 1 saturated heterocycles. The number of aryl methyl sites for hydroxylation is 2. The summed E-state index contributed by atoms with van der Waals surface area (Å²) >= 11 is 0. The summed E-state index contributed by atoms with van der Waals surface area (Å²) in [6, 6.07) is 7.06. The molecule has 1 fully saturated rings. The van der Waals surface area contributed by atoms with Gasteiger partial charge in [-0.25, -0.2) is 0 Å². The molecule has 20 heavy (non-hydrogen) atoms. The van der Waals surface area contributed by atoms with Crippen molar-refractivity contribution < 1.29 is 9.90 Å². The third-order valence-corrected chi connectivity index (χ3v) is 4.59. The van der Waals surface area contributed by atoms with Gasteiger partial charge in [-0.3, -0.25) is 9.69 Å². The highest BCUT2D eigenvalue weighted by molar-refractivity contribution is 5.67. The van der Waals surface area contributed by atoms with E-state index in [0.29, 0.717) is 6.04 Å². The van der Waals surface area contributed by atoms with E-state index in [-0.39, 0.29) is 12.5 Å². The second kappa shape index (κ2) is 6.40. The smallest absolute Gasteiger partial charge is 0.304 e. The SMILES string of the molecule is Cc1ccc(C(C)N2CCCCC2CC(=O)O)cc1C. The standard InChI is InChI=1S/C17H25NO2/c1-12-7-8-15(10-13(12)2)14(3)18-9-5-4-6-16(18)11-17(19)20/h7-8,10,14,16H,4-6,9,11H2,1-3H3,(H,19,20). The summed E-state index contributed by atoms with van der Waals surface area (Å²) in [5.41, 5.74) is 3.91. The molecule has 0 bridgehead atoms. The van der Waals surface area contributed by atoms with Crippen molar-refractivity contribution in [2.24, 2.45) is 0 Å². The molecule has 1 heterocycles. The van der Waals surface area contributed by atoms with Crippen LogP contribution in [-0.4, -0.2) is 28.6 Å². The molecule has 3 heteroatoms. The van der Waals surface area contributed by atoms with Crippen LogP contribution in [0.5, 0.6) is 0 Å². The Kier molecular flexibility index (Phi) is 4.81. The fourth-order valence-electron chi connectivity index (χ4n) is 3.17. The van der Waals surface area contributed by atoms with Gasteiger partial charge in [-0.15, -0.1) is 0 Å². The number of carboxylic acids is 1. The Balaban J connectivity index is 2.17. The van der Waals surface area contributed by atoms with Crippen molar-refractivity contribution in [1.29, 1.82) is 0 Å². The number of carbonyl (C=O) groups is 1. The lowest BCUT2D eigenvalue weighted by molar-refractivity contribution is -0.139. The van der Waals surface area contributed by atoms with Crippen LogP contribution in [0.3, 0.4) is 0 Å². The summed E-state index contributed by atoms with van der Waals surface area (Å²) in [6.45, 7) is 7.46. The molecular weight excluding hydrogens is 250 g/mol. The second-order valence-corrected chi connectivity index (χ2v) is 6.00. The number of aliphatic carboxylic acids is 1. The van der Waals surface area contributed by atoms with Gasteiger partial charge in [-0.1, -0.05) is 24.6 Å². The van der Waals surface area contributed by atoms with E-state index < -0.39 is 5.97 Å². The van der Waals surface area contributed by atoms with Crippen molar-refractivity contribution in [3.63, 3.8) is 0 Å². The van der Waals surface area contributed by atoms with Gasteiger partial charge in [0.25, 0.3) is 0 Å². The van der Waals surface area contributed by atoms with Crippen LogP contribution >= 0.6 is 0 Å². The van der Waals surface area contributed by atoms with E-state index in [4.69, 9.17) is 5.11 Å². The highest BCUT2D eigenvalue weighted by Gasteiger charge is 2.28. The topological polar surface area (TPSA) is 40.5 Å². The first-order valence-electron chi connectivity index (χ1n) is 7.53. The van der Waals surface area contributed by atoms with Gasteiger partial charge in [0.05, 0.1) is 6.42 Å². The first-order chi connectivity index (χ1) is 9.49. The molecule has 0 radical (unpaired) electrons. The average molecular weight is 275 g/mol. The van der Waals surface area contributed by atoms with Gasteiger partial charge in [-0.2, -0.15) is 0 Å². The molecule has 1 aliphatic rings. The second-order valence-electron chi connectivity index (χ2n) is 6.00. The molecule has 1 aliphatic heterocycles. The van der Waals surface area contributed by atoms with Gasteiger partial charge in [0, 0.05) is 12.1 Å². The van der Waals surface area contributed by atoms with Crippen LogP contribution in [-0.2, 0) is 4.79 Å². The van der Waals surface area contributed by atoms with Crippen LogP contribution in [0.4, 0.5) is 0 Å². The Morgan fingerprint density at radius 2 is 2.10 bits per heavy atom. The molecular formula is C17H25NO2. The van der Waals surface area contributed by atoms with Crippen LogP contribution in [0.1, 0.15) is 55.3 Å². The van der Waals surface area contributed by atoms with E-state index in [2.05, 4.69) is 43.9 Å². The van der Waals surface area contributed by atoms with Crippen LogP contribution < -0.4 is 0 Å². The van der Waals surface area contributed by atoms with Gasteiger partial charge < -0.3 is 5.11 Å². The van der Waals surface area contributed by atoms with Crippen molar-refractivity contribution in [2.45, 2.75) is 58.5 Å². The molecule has 1 N–H and O–H groups in total. The van der Waals surface area contributed by atoms with Crippen LogP contribution in [0.15, 0.2) is 18.2 Å². The Bertz CT molecular complexity index is 484. The highest BCUT2D eigenvalue weighted by atomic mass is 16.4. The third kappa shape index (κ3) is 3.40. The fourth-order valence-corrected chi connectivity index (χ4v) is 3.17. The molecule has 1 aromatic rings. The summed E-state index contributed by atoms with van der Waals surface area (Å²) in [7, 11) is 0. The van der Waals surface area contributed by atoms with E-state index >= 15 is 0 Å². The number of carboxylic acid groups (broad SMARTS) is 1. The molecule has 0 spiro atoms. The van der Waals surface area contributed by atoms with E-state index in [0.717, 1.165) is 19.4 Å². The minimum atomic E-state index is -0.686. The van der Waals surface area contributed by atoms with Gasteiger partial charge in [0.15, 0.2) is 0 Å². The highest BCUT2D eigenvalue weighted by Crippen LogP contribution is 2.30. The molecule has 110 valence electrons. The predicted octanol–water partition coefficient (Wildman–Crippen LogP) is 3.69. The van der Waals surface area contributed by atoms with Crippen LogP contribution in [0, 0.1) is 13.8 Å². The van der Waals surface area contributed by atoms with E-state index in [1.165, 1.54) is 23.1 Å². The fraction of sp³-hybridized carbons (Fsp3) is 0.588. The minimum Gasteiger partial charge on any atom is -0.481 e. The Morgan fingerprint density at radius 1 is 1.35 bits per heavy atom. The van der Waals surface area contributed by atoms with Crippen molar-refractivity contribution in [3.8, 4) is 0 Å². The Labute approximate surface area is 121 Å². The van der Waals surface area contributed by atoms with Crippen molar-refractivity contribution in [2.75, 3.05) is 6.54 Å². The summed E-state index contributed by atoms with van der Waals surface area (Å²) < 4.78 is 0. The van der Waals surface area contributed by atoms with E-state index in [9.17, 15) is 4.79 Å². The zero-order valence-electron chi connectivity index (χ0n) is 12.7. The maximum Gasteiger partial charge on any atom is 0.304 e. The number of hydrogen-bond donors (Lipinski definition) is 1. The van der Waals surface area contributed by atoms with Gasteiger partial charge in [0.2, 0.25) is 0 Å². The maximum absolute atomic E-state index is 11.0. The number of rotatable bonds is 4. The lowest BCUT2D eigenvalue weighted by atomic mass is 9.94. The number of benzene rings is 1. The molecule has 0 aromatic heterocycles. The van der Waals surface area contributed by atoms with Gasteiger partial charge in [-0.05, 0) is 56.8 Å². The lowest BCUT2D eigenvalue weighted by Crippen LogP contribution is -2.42. The monoisotopic (exact) mass is 275 g/mol. The third-order valence-electron chi connectivity index (χ3n) is 4.59. The number of hydrogen-bond acceptors (Lipinski definition) is 2. The lowest BCUT2D eigenvalue weighted by Gasteiger charge is -2.39. The molecule has 1 aromatic carbocycles. The summed E-state index contributed by atoms with van der Waals surface area (Å²) in [6.07, 6.45) is 3.58. The van der Waals surface area contributed by atoms with Crippen LogP contribution in [0.2, 0.25) is 0 Å². The first kappa shape index (κ1) is 15.0. The summed E-state index contributed by atoms with van der Waals surface area (Å²) in [4.78, 5) is 13.4. The molecule has 2 atom stereocenters. The van der Waals surface area contributed by atoms with Crippen LogP contribution in [0.25, 0.3) is 0 Å². The molecule has 2 unspecified atom stereocenters. The van der Waals surface area contributed by atoms with Gasteiger partial charge in [0.1, 0.15) is 0 Å². The Hall–Kier alpha value is -1.35. The molecule has 3 nitrogen and oxygen atoms in total. The normalized spacial score (nSPS) is 21.6. The van der Waals surface area contributed by atoms with Gasteiger partial charge >= 0.3 is 5.97 Å². The van der Waals surface area contributed by atoms with Crippen molar-refractivity contribution in [1.82, 2.24) is 4.90 Å². The zero-order valence-corrected chi connectivity index (χ0v) is 12.7. The van der Waals surface area contributed by atoms with E-state index in [1.807, 2.05) is 0 Å². The first-order valence-corrected chi connectivity index (χ1v) is 7.53. The summed E-state index contributed by atoms with van der Waals surface area (Å²) in [5.74, 6) is -0.686. The molecule has 0 amide bonds. The van der Waals surface area contributed by atoms with E-state index in [1.54, 1.807) is 0 Å². The quantitative estimate of drug-likeness (QED) is 0.911. The van der Waals surface area contributed by atoms with Crippen molar-refractivity contribution >= 4 is 5.97 Å². The molecule has 2 rings (SSSR count). The number of nitrogens with zero attached hydrogens (tertiary/aromatic N) is 1. The number of piperidine rings is 1.